The highest BCUT2D eigenvalue weighted by Crippen LogP contribution is 2.23. The van der Waals surface area contributed by atoms with Gasteiger partial charge in [0.05, 0.1) is 0 Å². The molecule has 138 valence electrons. The molecular formula is C21H42O2. The summed E-state index contributed by atoms with van der Waals surface area (Å²) >= 11 is 0. The van der Waals surface area contributed by atoms with E-state index in [2.05, 4.69) is 34.6 Å². The first-order valence-corrected chi connectivity index (χ1v) is 10.1. The lowest BCUT2D eigenvalue weighted by Crippen LogP contribution is -2.05. The molecule has 0 saturated carbocycles. The van der Waals surface area contributed by atoms with Crippen molar-refractivity contribution in [3.05, 3.63) is 0 Å². The summed E-state index contributed by atoms with van der Waals surface area (Å²) in [5, 5.41) is 8.77. The van der Waals surface area contributed by atoms with Gasteiger partial charge in [0.15, 0.2) is 0 Å². The summed E-state index contributed by atoms with van der Waals surface area (Å²) in [7, 11) is 0. The van der Waals surface area contributed by atoms with Gasteiger partial charge in [-0.2, -0.15) is 0 Å². The van der Waals surface area contributed by atoms with Gasteiger partial charge in [-0.3, -0.25) is 4.79 Å². The van der Waals surface area contributed by atoms with Crippen LogP contribution in [0.15, 0.2) is 0 Å². The predicted molar refractivity (Wildman–Crippen MR) is 101 cm³/mol. The standard InChI is InChI=1S/C21H42O2/c1-6-17(2)10-7-11-18(3)12-8-13-19(4)14-9-15-20(5)16-21(22)23/h17-20H,6-16H2,1-5H3,(H,22,23). The first-order chi connectivity index (χ1) is 10.8. The fraction of sp³-hybridized carbons (Fsp3) is 0.952. The van der Waals surface area contributed by atoms with Crippen molar-refractivity contribution in [3.63, 3.8) is 0 Å². The maximum atomic E-state index is 10.6. The Balaban J connectivity index is 3.54. The van der Waals surface area contributed by atoms with Crippen molar-refractivity contribution in [1.29, 1.82) is 0 Å². The Hall–Kier alpha value is -0.530. The van der Waals surface area contributed by atoms with E-state index in [0.29, 0.717) is 12.3 Å². The van der Waals surface area contributed by atoms with Crippen molar-refractivity contribution >= 4 is 5.97 Å². The highest BCUT2D eigenvalue weighted by molar-refractivity contribution is 5.66. The smallest absolute Gasteiger partial charge is 0.303 e. The van der Waals surface area contributed by atoms with Gasteiger partial charge < -0.3 is 5.11 Å². The van der Waals surface area contributed by atoms with Crippen molar-refractivity contribution in [2.75, 3.05) is 0 Å². The number of aliphatic carboxylic acids is 1. The average Bonchev–Trinajstić information content (AvgIpc) is 2.46. The van der Waals surface area contributed by atoms with Crippen LogP contribution in [0.5, 0.6) is 0 Å². The molecule has 0 rings (SSSR count). The molecule has 0 aromatic carbocycles. The summed E-state index contributed by atoms with van der Waals surface area (Å²) < 4.78 is 0. The normalized spacial score (nSPS) is 16.7. The van der Waals surface area contributed by atoms with Gasteiger partial charge >= 0.3 is 5.97 Å². The van der Waals surface area contributed by atoms with Crippen LogP contribution in [0.1, 0.15) is 105 Å². The summed E-state index contributed by atoms with van der Waals surface area (Å²) in [5.74, 6) is 2.23. The molecule has 0 aliphatic heterocycles. The van der Waals surface area contributed by atoms with Crippen LogP contribution in [-0.4, -0.2) is 11.1 Å². The van der Waals surface area contributed by atoms with Gasteiger partial charge in [-0.15, -0.1) is 0 Å². The van der Waals surface area contributed by atoms with Gasteiger partial charge in [-0.1, -0.05) is 98.8 Å². The Bertz CT molecular complexity index is 288. The highest BCUT2D eigenvalue weighted by atomic mass is 16.4. The molecule has 0 aliphatic carbocycles. The van der Waals surface area contributed by atoms with E-state index in [-0.39, 0.29) is 0 Å². The Morgan fingerprint density at radius 1 is 0.696 bits per heavy atom. The Morgan fingerprint density at radius 3 is 1.39 bits per heavy atom. The monoisotopic (exact) mass is 326 g/mol. The van der Waals surface area contributed by atoms with E-state index in [1.807, 2.05) is 0 Å². The first-order valence-electron chi connectivity index (χ1n) is 10.1. The van der Waals surface area contributed by atoms with Crippen LogP contribution in [0, 0.1) is 23.7 Å². The van der Waals surface area contributed by atoms with Crippen molar-refractivity contribution < 1.29 is 9.90 Å². The van der Waals surface area contributed by atoms with E-state index >= 15 is 0 Å². The van der Waals surface area contributed by atoms with Crippen LogP contribution in [0.4, 0.5) is 0 Å². The molecule has 0 aliphatic rings. The molecule has 23 heavy (non-hydrogen) atoms. The van der Waals surface area contributed by atoms with Crippen LogP contribution in [0.25, 0.3) is 0 Å². The van der Waals surface area contributed by atoms with Crippen LogP contribution in [0.2, 0.25) is 0 Å². The van der Waals surface area contributed by atoms with Gasteiger partial charge in [-0.25, -0.2) is 0 Å². The van der Waals surface area contributed by atoms with Crippen molar-refractivity contribution in [1.82, 2.24) is 0 Å². The number of hydrogen-bond acceptors (Lipinski definition) is 1. The molecule has 0 amide bonds. The number of carbonyl (C=O) groups is 1. The van der Waals surface area contributed by atoms with E-state index in [1.165, 1.54) is 57.8 Å². The quantitative estimate of drug-likeness (QED) is 0.354. The maximum Gasteiger partial charge on any atom is 0.303 e. The molecule has 0 saturated heterocycles. The number of rotatable bonds is 15. The predicted octanol–water partition coefficient (Wildman–Crippen LogP) is 6.93. The molecule has 4 unspecified atom stereocenters. The van der Waals surface area contributed by atoms with Gasteiger partial charge in [0.1, 0.15) is 0 Å². The molecular weight excluding hydrogens is 284 g/mol. The van der Waals surface area contributed by atoms with Gasteiger partial charge in [0, 0.05) is 6.42 Å². The molecule has 2 nitrogen and oxygen atoms in total. The second kappa shape index (κ2) is 13.9. The number of carboxylic acid groups (broad SMARTS) is 1. The fourth-order valence-electron chi connectivity index (χ4n) is 3.34. The molecule has 0 heterocycles. The molecule has 2 heteroatoms. The SMILES string of the molecule is CCC(C)CCCC(C)CCCC(C)CCCC(C)CC(=O)O. The van der Waals surface area contributed by atoms with Crippen molar-refractivity contribution in [3.8, 4) is 0 Å². The van der Waals surface area contributed by atoms with Crippen LogP contribution >= 0.6 is 0 Å². The Kier molecular flexibility index (Phi) is 13.5. The minimum atomic E-state index is -0.659. The third-order valence-corrected chi connectivity index (χ3v) is 5.40. The highest BCUT2D eigenvalue weighted by Gasteiger charge is 2.10. The van der Waals surface area contributed by atoms with Crippen molar-refractivity contribution in [2.24, 2.45) is 23.7 Å². The summed E-state index contributed by atoms with van der Waals surface area (Å²) in [6.45, 7) is 11.5. The van der Waals surface area contributed by atoms with Crippen LogP contribution < -0.4 is 0 Å². The average molecular weight is 327 g/mol. The first kappa shape index (κ1) is 22.5. The Morgan fingerprint density at radius 2 is 1.04 bits per heavy atom. The van der Waals surface area contributed by atoms with Gasteiger partial charge in [-0.05, 0) is 23.7 Å². The zero-order chi connectivity index (χ0) is 17.7. The van der Waals surface area contributed by atoms with Crippen molar-refractivity contribution in [2.45, 2.75) is 105 Å². The molecule has 0 spiro atoms. The minimum absolute atomic E-state index is 0.322. The van der Waals surface area contributed by atoms with Gasteiger partial charge in [0.25, 0.3) is 0 Å². The minimum Gasteiger partial charge on any atom is -0.481 e. The summed E-state index contributed by atoms with van der Waals surface area (Å²) in [5.41, 5.74) is 0. The maximum absolute atomic E-state index is 10.6. The van der Waals surface area contributed by atoms with Crippen LogP contribution in [-0.2, 0) is 4.79 Å². The third-order valence-electron chi connectivity index (χ3n) is 5.40. The third kappa shape index (κ3) is 14.8. The molecule has 4 atom stereocenters. The lowest BCUT2D eigenvalue weighted by atomic mass is 9.90. The molecule has 0 aromatic heterocycles. The van der Waals surface area contributed by atoms with Crippen LogP contribution in [0.3, 0.4) is 0 Å². The largest absolute Gasteiger partial charge is 0.481 e. The lowest BCUT2D eigenvalue weighted by molar-refractivity contribution is -0.138. The van der Waals surface area contributed by atoms with E-state index in [1.54, 1.807) is 0 Å². The lowest BCUT2D eigenvalue weighted by Gasteiger charge is -2.16. The zero-order valence-electron chi connectivity index (χ0n) is 16.4. The summed E-state index contributed by atoms with van der Waals surface area (Å²) in [6.07, 6.45) is 13.4. The summed E-state index contributed by atoms with van der Waals surface area (Å²) in [4.78, 5) is 10.6. The van der Waals surface area contributed by atoms with E-state index in [9.17, 15) is 4.79 Å². The molecule has 0 radical (unpaired) electrons. The second-order valence-electron chi connectivity index (χ2n) is 8.22. The molecule has 0 aromatic rings. The van der Waals surface area contributed by atoms with Gasteiger partial charge in [0.2, 0.25) is 0 Å². The van der Waals surface area contributed by atoms with E-state index in [4.69, 9.17) is 5.11 Å². The number of hydrogen-bond donors (Lipinski definition) is 1. The fourth-order valence-corrected chi connectivity index (χ4v) is 3.34. The van der Waals surface area contributed by atoms with E-state index in [0.717, 1.165) is 24.2 Å². The number of carboxylic acids is 1. The van der Waals surface area contributed by atoms with E-state index < -0.39 is 5.97 Å². The zero-order valence-corrected chi connectivity index (χ0v) is 16.4. The molecule has 1 N–H and O–H groups in total. The molecule has 0 fully saturated rings. The Labute approximate surface area is 145 Å². The molecule has 0 bridgehead atoms. The summed E-state index contributed by atoms with van der Waals surface area (Å²) in [6, 6.07) is 0. The second-order valence-corrected chi connectivity index (χ2v) is 8.22. The topological polar surface area (TPSA) is 37.3 Å².